The average molecular weight is 343 g/mol. The van der Waals surface area contributed by atoms with Crippen LogP contribution in [-0.2, 0) is 11.3 Å². The number of thiazole rings is 1. The lowest BCUT2D eigenvalue weighted by Gasteiger charge is -2.22. The summed E-state index contributed by atoms with van der Waals surface area (Å²) in [5.41, 5.74) is 1.43. The Kier molecular flexibility index (Phi) is 4.87. The average Bonchev–Trinajstić information content (AvgIpc) is 2.96. The molecule has 0 radical (unpaired) electrons. The van der Waals surface area contributed by atoms with Crippen LogP contribution in [0, 0.1) is 5.82 Å². The van der Waals surface area contributed by atoms with Gasteiger partial charge in [-0.05, 0) is 44.3 Å². The molecule has 1 atom stereocenters. The Bertz CT molecular complexity index is 831. The minimum absolute atomic E-state index is 0.177. The molecule has 0 unspecified atom stereocenters. The van der Waals surface area contributed by atoms with Crippen LogP contribution in [0.4, 0.5) is 10.1 Å². The zero-order valence-corrected chi connectivity index (χ0v) is 14.3. The minimum atomic E-state index is -0.372. The number of fused-ring (bicyclic) bond motifs is 1. The maximum Gasteiger partial charge on any atom is 0.241 e. The first-order chi connectivity index (χ1) is 11.5. The van der Waals surface area contributed by atoms with Gasteiger partial charge in [-0.15, -0.1) is 11.3 Å². The molecule has 0 saturated carbocycles. The second-order valence-electron chi connectivity index (χ2n) is 5.67. The van der Waals surface area contributed by atoms with E-state index >= 15 is 0 Å². The zero-order valence-electron chi connectivity index (χ0n) is 13.5. The van der Waals surface area contributed by atoms with E-state index in [4.69, 9.17) is 0 Å². The molecule has 0 spiro atoms. The van der Waals surface area contributed by atoms with E-state index in [0.29, 0.717) is 12.2 Å². The predicted octanol–water partition coefficient (Wildman–Crippen LogP) is 3.89. The predicted molar refractivity (Wildman–Crippen MR) is 95.6 cm³/mol. The molecule has 0 fully saturated rings. The van der Waals surface area contributed by atoms with Crippen LogP contribution in [0.3, 0.4) is 0 Å². The normalized spacial score (nSPS) is 12.5. The topological polar surface area (TPSA) is 45.2 Å². The van der Waals surface area contributed by atoms with Gasteiger partial charge in [0, 0.05) is 5.69 Å². The fourth-order valence-corrected chi connectivity index (χ4v) is 3.38. The second kappa shape index (κ2) is 7.07. The molecule has 4 nitrogen and oxygen atoms in total. The maximum absolute atomic E-state index is 13.2. The lowest BCUT2D eigenvalue weighted by atomic mass is 10.2. The van der Waals surface area contributed by atoms with E-state index in [1.54, 1.807) is 23.5 Å². The van der Waals surface area contributed by atoms with Crippen LogP contribution in [-0.4, -0.2) is 28.9 Å². The number of rotatable bonds is 5. The van der Waals surface area contributed by atoms with Gasteiger partial charge in [0.1, 0.15) is 10.8 Å². The van der Waals surface area contributed by atoms with E-state index in [1.165, 1.54) is 12.1 Å². The van der Waals surface area contributed by atoms with Crippen molar-refractivity contribution in [2.24, 2.45) is 0 Å². The summed E-state index contributed by atoms with van der Waals surface area (Å²) in [4.78, 5) is 18.8. The van der Waals surface area contributed by atoms with Crippen molar-refractivity contribution in [3.8, 4) is 0 Å². The number of aromatic nitrogens is 1. The van der Waals surface area contributed by atoms with Crippen molar-refractivity contribution in [1.29, 1.82) is 0 Å². The summed E-state index contributed by atoms with van der Waals surface area (Å²) in [5.74, 6) is -0.549. The largest absolute Gasteiger partial charge is 0.325 e. The number of amides is 1. The molecule has 0 saturated heterocycles. The summed E-state index contributed by atoms with van der Waals surface area (Å²) in [6, 6.07) is 13.5. The van der Waals surface area contributed by atoms with Crippen LogP contribution in [0.5, 0.6) is 0 Å². The van der Waals surface area contributed by atoms with Crippen LogP contribution in [0.1, 0.15) is 11.9 Å². The number of hydrogen-bond acceptors (Lipinski definition) is 4. The summed E-state index contributed by atoms with van der Waals surface area (Å²) >= 11 is 1.63. The molecule has 1 amide bonds. The second-order valence-corrected chi connectivity index (χ2v) is 6.78. The van der Waals surface area contributed by atoms with Gasteiger partial charge in [-0.2, -0.15) is 0 Å². The van der Waals surface area contributed by atoms with Gasteiger partial charge in [0.2, 0.25) is 5.91 Å². The highest BCUT2D eigenvalue weighted by atomic mass is 32.1. The number of para-hydroxylation sites is 1. The summed E-state index contributed by atoms with van der Waals surface area (Å²) in [7, 11) is 1.88. The van der Waals surface area contributed by atoms with E-state index in [1.807, 2.05) is 43.1 Å². The number of anilines is 1. The lowest BCUT2D eigenvalue weighted by molar-refractivity contribution is -0.120. The first-order valence-electron chi connectivity index (χ1n) is 7.64. The number of carbonyl (C=O) groups excluding carboxylic acids is 1. The number of likely N-dealkylation sites (N-methyl/N-ethyl adjacent to an activating group) is 1. The first kappa shape index (κ1) is 16.5. The quantitative estimate of drug-likeness (QED) is 0.764. The Hall–Kier alpha value is -2.31. The fraction of sp³-hybridized carbons (Fsp3) is 0.222. The number of halogens is 1. The van der Waals surface area contributed by atoms with Crippen molar-refractivity contribution in [3.05, 3.63) is 59.4 Å². The third kappa shape index (κ3) is 3.77. The third-order valence-electron chi connectivity index (χ3n) is 3.86. The van der Waals surface area contributed by atoms with Gasteiger partial charge >= 0.3 is 0 Å². The van der Waals surface area contributed by atoms with Crippen LogP contribution < -0.4 is 5.32 Å². The summed E-state index contributed by atoms with van der Waals surface area (Å²) in [6.07, 6.45) is 0. The molecule has 0 aliphatic carbocycles. The van der Waals surface area contributed by atoms with E-state index in [0.717, 1.165) is 15.2 Å². The van der Waals surface area contributed by atoms with Crippen molar-refractivity contribution in [2.45, 2.75) is 19.5 Å². The molecule has 0 aliphatic heterocycles. The smallest absolute Gasteiger partial charge is 0.241 e. The Morgan fingerprint density at radius 3 is 2.83 bits per heavy atom. The van der Waals surface area contributed by atoms with Gasteiger partial charge in [-0.25, -0.2) is 9.37 Å². The van der Waals surface area contributed by atoms with Gasteiger partial charge in [0.05, 0.1) is 22.8 Å². The van der Waals surface area contributed by atoms with Gasteiger partial charge in [-0.3, -0.25) is 9.69 Å². The van der Waals surface area contributed by atoms with E-state index in [2.05, 4.69) is 10.3 Å². The van der Waals surface area contributed by atoms with Crippen LogP contribution in [0.2, 0.25) is 0 Å². The van der Waals surface area contributed by atoms with Gasteiger partial charge < -0.3 is 5.32 Å². The highest BCUT2D eigenvalue weighted by Crippen LogP contribution is 2.23. The van der Waals surface area contributed by atoms with Crippen molar-refractivity contribution in [3.63, 3.8) is 0 Å². The summed E-state index contributed by atoms with van der Waals surface area (Å²) in [6.45, 7) is 2.40. The number of nitrogens with zero attached hydrogens (tertiary/aromatic N) is 2. The number of hydrogen-bond donors (Lipinski definition) is 1. The molecule has 2 aromatic carbocycles. The van der Waals surface area contributed by atoms with E-state index in [-0.39, 0.29) is 17.8 Å². The van der Waals surface area contributed by atoms with Crippen LogP contribution >= 0.6 is 11.3 Å². The van der Waals surface area contributed by atoms with E-state index in [9.17, 15) is 9.18 Å². The Morgan fingerprint density at radius 1 is 1.29 bits per heavy atom. The highest BCUT2D eigenvalue weighted by Gasteiger charge is 2.19. The standard InChI is InChI=1S/C18H18FN3OS/c1-12(18(23)20-14-7-5-6-13(19)10-14)22(2)11-17-21-15-8-3-4-9-16(15)24-17/h3-10,12H,11H2,1-2H3,(H,20,23)/t12-/m1/s1. The molecule has 6 heteroatoms. The molecule has 124 valence electrons. The lowest BCUT2D eigenvalue weighted by Crippen LogP contribution is -2.39. The van der Waals surface area contributed by atoms with Gasteiger partial charge in [0.25, 0.3) is 0 Å². The molecule has 1 heterocycles. The Labute approximate surface area is 143 Å². The first-order valence-corrected chi connectivity index (χ1v) is 8.46. The van der Waals surface area contributed by atoms with Gasteiger partial charge in [0.15, 0.2) is 0 Å². The summed E-state index contributed by atoms with van der Waals surface area (Å²) in [5, 5.41) is 3.70. The molecule has 1 aromatic heterocycles. The van der Waals surface area contributed by atoms with Crippen molar-refractivity contribution in [1.82, 2.24) is 9.88 Å². The molecule has 1 N–H and O–H groups in total. The monoisotopic (exact) mass is 343 g/mol. The molecule has 0 bridgehead atoms. The third-order valence-corrected chi connectivity index (χ3v) is 4.88. The van der Waals surface area contributed by atoms with Crippen molar-refractivity contribution < 1.29 is 9.18 Å². The SMILES string of the molecule is C[C@H](C(=O)Nc1cccc(F)c1)N(C)Cc1nc2ccccc2s1. The number of nitrogens with one attached hydrogen (secondary N) is 1. The molecule has 0 aliphatic rings. The number of carbonyl (C=O) groups is 1. The Balaban J connectivity index is 1.65. The van der Waals surface area contributed by atoms with Crippen molar-refractivity contribution in [2.75, 3.05) is 12.4 Å². The molecular formula is C18H18FN3OS. The Morgan fingerprint density at radius 2 is 2.08 bits per heavy atom. The zero-order chi connectivity index (χ0) is 17.1. The molecule has 24 heavy (non-hydrogen) atoms. The van der Waals surface area contributed by atoms with E-state index < -0.39 is 0 Å². The summed E-state index contributed by atoms with van der Waals surface area (Å²) < 4.78 is 14.3. The number of benzene rings is 2. The van der Waals surface area contributed by atoms with Gasteiger partial charge in [-0.1, -0.05) is 18.2 Å². The highest BCUT2D eigenvalue weighted by molar-refractivity contribution is 7.18. The maximum atomic E-state index is 13.2. The van der Waals surface area contributed by atoms with Crippen LogP contribution in [0.15, 0.2) is 48.5 Å². The molecule has 3 rings (SSSR count). The fourth-order valence-electron chi connectivity index (χ4n) is 2.35. The molecule has 3 aromatic rings. The van der Waals surface area contributed by atoms with Crippen molar-refractivity contribution >= 4 is 33.1 Å². The molecular weight excluding hydrogens is 325 g/mol. The van der Waals surface area contributed by atoms with Crippen LogP contribution in [0.25, 0.3) is 10.2 Å². The minimum Gasteiger partial charge on any atom is -0.325 e.